The van der Waals surface area contributed by atoms with E-state index in [2.05, 4.69) is 4.90 Å². The number of hydrogen-bond acceptors (Lipinski definition) is 3. The van der Waals surface area contributed by atoms with E-state index in [-0.39, 0.29) is 0 Å². The molecule has 2 atom stereocenters. The minimum Gasteiger partial charge on any atom is -0.396 e. The Hall–Kier alpha value is -0.120. The van der Waals surface area contributed by atoms with Crippen LogP contribution in [0, 0.1) is 11.3 Å². The number of rotatable bonds is 2. The standard InChI is InChI=1S/C13H24N2O/c14-12-7-13(12)4-1-11(2-5-13)15-6-3-10(8-15)9-16/h10-12,16H,1-9,14H2. The summed E-state index contributed by atoms with van der Waals surface area (Å²) in [5, 5.41) is 9.17. The van der Waals surface area contributed by atoms with Gasteiger partial charge in [-0.1, -0.05) is 0 Å². The van der Waals surface area contributed by atoms with Crippen molar-refractivity contribution >= 4 is 0 Å². The van der Waals surface area contributed by atoms with Gasteiger partial charge in [0.15, 0.2) is 0 Å². The van der Waals surface area contributed by atoms with Gasteiger partial charge in [-0.3, -0.25) is 0 Å². The number of aliphatic hydroxyl groups is 1. The molecule has 3 rings (SSSR count). The van der Waals surface area contributed by atoms with Gasteiger partial charge in [0, 0.05) is 25.2 Å². The van der Waals surface area contributed by atoms with Gasteiger partial charge in [-0.25, -0.2) is 0 Å². The first-order valence-electron chi connectivity index (χ1n) is 6.84. The van der Waals surface area contributed by atoms with Crippen LogP contribution in [0.2, 0.25) is 0 Å². The lowest BCUT2D eigenvalue weighted by atomic mass is 9.82. The summed E-state index contributed by atoms with van der Waals surface area (Å²) in [6, 6.07) is 1.30. The minimum absolute atomic E-state index is 0.373. The summed E-state index contributed by atoms with van der Waals surface area (Å²) in [7, 11) is 0. The van der Waals surface area contributed by atoms with Gasteiger partial charge >= 0.3 is 0 Å². The SMILES string of the molecule is NC1CC12CCC(N1CCC(CO)C1)CC2. The molecular formula is C13H24N2O. The van der Waals surface area contributed by atoms with E-state index < -0.39 is 0 Å². The van der Waals surface area contributed by atoms with Crippen LogP contribution < -0.4 is 5.73 Å². The fraction of sp³-hybridized carbons (Fsp3) is 1.00. The van der Waals surface area contributed by atoms with Gasteiger partial charge < -0.3 is 15.7 Å². The average Bonchev–Trinajstić information content (AvgIpc) is 2.77. The van der Waals surface area contributed by atoms with Crippen molar-refractivity contribution in [1.29, 1.82) is 0 Å². The Bertz CT molecular complexity index is 261. The Morgan fingerprint density at radius 3 is 2.44 bits per heavy atom. The molecule has 3 nitrogen and oxygen atoms in total. The molecule has 2 unspecified atom stereocenters. The van der Waals surface area contributed by atoms with Crippen molar-refractivity contribution in [2.24, 2.45) is 17.1 Å². The zero-order chi connectivity index (χ0) is 11.2. The Morgan fingerprint density at radius 1 is 1.25 bits per heavy atom. The summed E-state index contributed by atoms with van der Waals surface area (Å²) in [6.07, 6.45) is 7.84. The number of aliphatic hydroxyl groups excluding tert-OH is 1. The average molecular weight is 224 g/mol. The van der Waals surface area contributed by atoms with Crippen LogP contribution in [0.1, 0.15) is 38.5 Å². The summed E-state index contributed by atoms with van der Waals surface area (Å²) in [4.78, 5) is 2.61. The van der Waals surface area contributed by atoms with Crippen molar-refractivity contribution in [1.82, 2.24) is 4.90 Å². The number of nitrogens with zero attached hydrogens (tertiary/aromatic N) is 1. The normalized spacial score (nSPS) is 48.8. The number of hydrogen-bond donors (Lipinski definition) is 2. The highest BCUT2D eigenvalue weighted by atomic mass is 16.3. The van der Waals surface area contributed by atoms with Crippen LogP contribution in [-0.2, 0) is 0 Å². The molecule has 3 fully saturated rings. The maximum Gasteiger partial charge on any atom is 0.0471 e. The van der Waals surface area contributed by atoms with Gasteiger partial charge in [0.05, 0.1) is 0 Å². The molecule has 1 aliphatic heterocycles. The van der Waals surface area contributed by atoms with E-state index in [1.54, 1.807) is 0 Å². The summed E-state index contributed by atoms with van der Waals surface area (Å²) in [5.74, 6) is 0.541. The van der Waals surface area contributed by atoms with E-state index >= 15 is 0 Å². The molecule has 3 N–H and O–H groups in total. The molecule has 1 saturated heterocycles. The van der Waals surface area contributed by atoms with E-state index in [4.69, 9.17) is 10.8 Å². The Morgan fingerprint density at radius 2 is 1.94 bits per heavy atom. The first-order chi connectivity index (χ1) is 7.73. The third kappa shape index (κ3) is 1.79. The third-order valence-corrected chi connectivity index (χ3v) is 5.30. The molecule has 2 aliphatic carbocycles. The predicted molar refractivity (Wildman–Crippen MR) is 64.0 cm³/mol. The van der Waals surface area contributed by atoms with E-state index in [9.17, 15) is 0 Å². The second-order valence-corrected chi connectivity index (χ2v) is 6.24. The summed E-state index contributed by atoms with van der Waals surface area (Å²) in [5.41, 5.74) is 6.59. The topological polar surface area (TPSA) is 49.5 Å². The molecule has 3 heteroatoms. The third-order valence-electron chi connectivity index (χ3n) is 5.30. The van der Waals surface area contributed by atoms with Crippen molar-refractivity contribution in [2.75, 3.05) is 19.7 Å². The molecule has 0 amide bonds. The quantitative estimate of drug-likeness (QED) is 0.734. The first kappa shape index (κ1) is 11.0. The monoisotopic (exact) mass is 224 g/mol. The van der Waals surface area contributed by atoms with Gasteiger partial charge in [-0.05, 0) is 56.4 Å². The highest BCUT2D eigenvalue weighted by molar-refractivity contribution is 5.08. The Kier molecular flexibility index (Phi) is 2.73. The second kappa shape index (κ2) is 3.97. The summed E-state index contributed by atoms with van der Waals surface area (Å²) in [6.45, 7) is 2.70. The smallest absolute Gasteiger partial charge is 0.0471 e. The van der Waals surface area contributed by atoms with Crippen LogP contribution in [0.15, 0.2) is 0 Å². The van der Waals surface area contributed by atoms with Crippen LogP contribution in [0.5, 0.6) is 0 Å². The van der Waals surface area contributed by atoms with Gasteiger partial charge in [-0.15, -0.1) is 0 Å². The van der Waals surface area contributed by atoms with Crippen molar-refractivity contribution < 1.29 is 5.11 Å². The number of likely N-dealkylation sites (tertiary alicyclic amines) is 1. The van der Waals surface area contributed by atoms with Crippen molar-refractivity contribution in [3.63, 3.8) is 0 Å². The van der Waals surface area contributed by atoms with Crippen LogP contribution in [0.25, 0.3) is 0 Å². The van der Waals surface area contributed by atoms with E-state index in [1.165, 1.54) is 45.1 Å². The molecule has 3 aliphatic rings. The molecule has 0 bridgehead atoms. The summed E-state index contributed by atoms with van der Waals surface area (Å²) >= 11 is 0. The molecule has 0 radical (unpaired) electrons. The Labute approximate surface area is 98.0 Å². The second-order valence-electron chi connectivity index (χ2n) is 6.24. The lowest BCUT2D eigenvalue weighted by Crippen LogP contribution is -2.38. The Balaban J connectivity index is 1.51. The highest BCUT2D eigenvalue weighted by Crippen LogP contribution is 2.55. The van der Waals surface area contributed by atoms with Gasteiger partial charge in [-0.2, -0.15) is 0 Å². The first-order valence-corrected chi connectivity index (χ1v) is 6.84. The fourth-order valence-electron chi connectivity index (χ4n) is 3.84. The van der Waals surface area contributed by atoms with Crippen LogP contribution in [0.4, 0.5) is 0 Å². The van der Waals surface area contributed by atoms with E-state index in [0.717, 1.165) is 12.6 Å². The molecule has 92 valence electrons. The van der Waals surface area contributed by atoms with Crippen LogP contribution >= 0.6 is 0 Å². The maximum atomic E-state index is 9.17. The van der Waals surface area contributed by atoms with Crippen molar-refractivity contribution in [3.05, 3.63) is 0 Å². The van der Waals surface area contributed by atoms with E-state index in [1.807, 2.05) is 0 Å². The maximum absolute atomic E-state index is 9.17. The van der Waals surface area contributed by atoms with Crippen LogP contribution in [0.3, 0.4) is 0 Å². The van der Waals surface area contributed by atoms with Gasteiger partial charge in [0.2, 0.25) is 0 Å². The predicted octanol–water partition coefficient (Wildman–Crippen LogP) is 0.961. The fourth-order valence-corrected chi connectivity index (χ4v) is 3.84. The molecule has 0 aromatic rings. The molecule has 1 spiro atoms. The minimum atomic E-state index is 0.373. The van der Waals surface area contributed by atoms with Crippen LogP contribution in [-0.4, -0.2) is 41.8 Å². The lowest BCUT2D eigenvalue weighted by molar-refractivity contribution is 0.142. The molecule has 0 aromatic heterocycles. The lowest BCUT2D eigenvalue weighted by Gasteiger charge is -2.35. The highest BCUT2D eigenvalue weighted by Gasteiger charge is 2.53. The number of nitrogens with two attached hydrogens (primary N) is 1. The largest absolute Gasteiger partial charge is 0.396 e. The van der Waals surface area contributed by atoms with Gasteiger partial charge in [0.1, 0.15) is 0 Å². The zero-order valence-electron chi connectivity index (χ0n) is 10.1. The zero-order valence-corrected chi connectivity index (χ0v) is 10.1. The molecule has 0 aromatic carbocycles. The molecule has 2 saturated carbocycles. The van der Waals surface area contributed by atoms with Crippen molar-refractivity contribution in [3.8, 4) is 0 Å². The van der Waals surface area contributed by atoms with Crippen molar-refractivity contribution in [2.45, 2.75) is 50.6 Å². The van der Waals surface area contributed by atoms with E-state index in [0.29, 0.717) is 24.0 Å². The van der Waals surface area contributed by atoms with Gasteiger partial charge in [0.25, 0.3) is 0 Å². The molecule has 1 heterocycles. The molecular weight excluding hydrogens is 200 g/mol. The molecule has 16 heavy (non-hydrogen) atoms. The summed E-state index contributed by atoms with van der Waals surface area (Å²) < 4.78 is 0.